The van der Waals surface area contributed by atoms with Crippen molar-refractivity contribution in [3.63, 3.8) is 0 Å². The van der Waals surface area contributed by atoms with Crippen LogP contribution in [0.2, 0.25) is 0 Å². The van der Waals surface area contributed by atoms with Crippen molar-refractivity contribution in [1.82, 2.24) is 5.32 Å². The molecule has 0 aliphatic carbocycles. The fourth-order valence-electron chi connectivity index (χ4n) is 2.55. The maximum absolute atomic E-state index is 11.8. The van der Waals surface area contributed by atoms with Crippen LogP contribution >= 0.6 is 0 Å². The van der Waals surface area contributed by atoms with Crippen molar-refractivity contribution in [1.29, 1.82) is 0 Å². The fourth-order valence-corrected chi connectivity index (χ4v) is 4.34. The molecule has 2 unspecified atom stereocenters. The van der Waals surface area contributed by atoms with Crippen LogP contribution in [0.5, 0.6) is 0 Å². The molecule has 4 heteroatoms. The molecule has 1 saturated heterocycles. The zero-order valence-electron chi connectivity index (χ0n) is 10.5. The van der Waals surface area contributed by atoms with Gasteiger partial charge in [0.15, 0.2) is 9.84 Å². The van der Waals surface area contributed by atoms with E-state index in [1.54, 1.807) is 0 Å². The summed E-state index contributed by atoms with van der Waals surface area (Å²) < 4.78 is 23.5. The van der Waals surface area contributed by atoms with E-state index in [-0.39, 0.29) is 23.6 Å². The predicted octanol–water partition coefficient (Wildman–Crippen LogP) is 1.75. The monoisotopic (exact) mass is 253 g/mol. The first kappa shape index (κ1) is 12.6. The Labute approximate surface area is 103 Å². The number of hydrogen-bond donors (Lipinski definition) is 1. The lowest BCUT2D eigenvalue weighted by atomic mass is 10.0. The van der Waals surface area contributed by atoms with Gasteiger partial charge in [0.05, 0.1) is 11.5 Å². The Kier molecular flexibility index (Phi) is 3.27. The van der Waals surface area contributed by atoms with E-state index in [2.05, 4.69) is 23.5 Å². The summed E-state index contributed by atoms with van der Waals surface area (Å²) in [4.78, 5) is 0. The van der Waals surface area contributed by atoms with Crippen molar-refractivity contribution in [2.75, 3.05) is 11.5 Å². The van der Waals surface area contributed by atoms with Crippen LogP contribution in [0.25, 0.3) is 0 Å². The van der Waals surface area contributed by atoms with Gasteiger partial charge in [-0.25, -0.2) is 8.42 Å². The second kappa shape index (κ2) is 4.42. The number of aryl methyl sites for hydroxylation is 2. The Morgan fingerprint density at radius 3 is 2.24 bits per heavy atom. The van der Waals surface area contributed by atoms with E-state index in [1.165, 1.54) is 11.1 Å². The summed E-state index contributed by atoms with van der Waals surface area (Å²) in [6, 6.07) is 6.20. The SMILES string of the molecule is Cc1cc(C)cc(C2CS(=O)(=O)CC(C)N2)c1. The van der Waals surface area contributed by atoms with Gasteiger partial charge >= 0.3 is 0 Å². The van der Waals surface area contributed by atoms with Crippen LogP contribution < -0.4 is 5.32 Å². The highest BCUT2D eigenvalue weighted by molar-refractivity contribution is 7.91. The topological polar surface area (TPSA) is 46.2 Å². The fraction of sp³-hybridized carbons (Fsp3) is 0.538. The summed E-state index contributed by atoms with van der Waals surface area (Å²) in [5.74, 6) is 0.453. The zero-order chi connectivity index (χ0) is 12.6. The van der Waals surface area contributed by atoms with E-state index in [4.69, 9.17) is 0 Å². The molecule has 0 saturated carbocycles. The highest BCUT2D eigenvalue weighted by Gasteiger charge is 2.29. The Hall–Kier alpha value is -0.870. The molecule has 0 spiro atoms. The number of sulfone groups is 1. The average Bonchev–Trinajstić information content (AvgIpc) is 2.12. The summed E-state index contributed by atoms with van der Waals surface area (Å²) in [7, 11) is -2.92. The molecule has 1 aliphatic heterocycles. The third-order valence-corrected chi connectivity index (χ3v) is 4.91. The van der Waals surface area contributed by atoms with E-state index < -0.39 is 9.84 Å². The summed E-state index contributed by atoms with van der Waals surface area (Å²) >= 11 is 0. The molecule has 2 rings (SSSR count). The van der Waals surface area contributed by atoms with Crippen LogP contribution in [-0.2, 0) is 9.84 Å². The smallest absolute Gasteiger partial charge is 0.153 e. The minimum absolute atomic E-state index is 0.0274. The van der Waals surface area contributed by atoms with Crippen LogP contribution in [0.15, 0.2) is 18.2 Å². The zero-order valence-corrected chi connectivity index (χ0v) is 11.3. The standard InChI is InChI=1S/C13H19NO2S/c1-9-4-10(2)6-12(5-9)13-8-17(15,16)7-11(3)14-13/h4-6,11,13-14H,7-8H2,1-3H3. The van der Waals surface area contributed by atoms with Crippen LogP contribution in [-0.4, -0.2) is 26.0 Å². The number of hydrogen-bond acceptors (Lipinski definition) is 3. The number of rotatable bonds is 1. The summed E-state index contributed by atoms with van der Waals surface area (Å²) in [5, 5.41) is 3.36. The third kappa shape index (κ3) is 3.07. The molecule has 2 atom stereocenters. The lowest BCUT2D eigenvalue weighted by Crippen LogP contribution is -2.45. The molecule has 1 heterocycles. The molecule has 1 aromatic rings. The van der Waals surface area contributed by atoms with Crippen LogP contribution in [0.4, 0.5) is 0 Å². The van der Waals surface area contributed by atoms with Gasteiger partial charge in [-0.15, -0.1) is 0 Å². The lowest BCUT2D eigenvalue weighted by Gasteiger charge is -2.29. The first-order valence-electron chi connectivity index (χ1n) is 5.90. The summed E-state index contributed by atoms with van der Waals surface area (Å²) in [5.41, 5.74) is 3.44. The molecule has 3 nitrogen and oxygen atoms in total. The summed E-state index contributed by atoms with van der Waals surface area (Å²) in [6.07, 6.45) is 0. The van der Waals surface area contributed by atoms with Crippen molar-refractivity contribution < 1.29 is 8.42 Å². The maximum Gasteiger partial charge on any atom is 0.153 e. The molecule has 1 N–H and O–H groups in total. The largest absolute Gasteiger partial charge is 0.306 e. The Bertz CT molecular complexity index is 502. The highest BCUT2D eigenvalue weighted by Crippen LogP contribution is 2.23. The van der Waals surface area contributed by atoms with Crippen molar-refractivity contribution >= 4 is 9.84 Å². The maximum atomic E-state index is 11.8. The molecular weight excluding hydrogens is 234 g/mol. The normalized spacial score (nSPS) is 27.9. The van der Waals surface area contributed by atoms with E-state index >= 15 is 0 Å². The first-order chi connectivity index (χ1) is 7.85. The van der Waals surface area contributed by atoms with Crippen molar-refractivity contribution in [2.45, 2.75) is 32.9 Å². The van der Waals surface area contributed by atoms with Gasteiger partial charge in [0.25, 0.3) is 0 Å². The Morgan fingerprint density at radius 1 is 1.12 bits per heavy atom. The van der Waals surface area contributed by atoms with Crippen molar-refractivity contribution in [3.8, 4) is 0 Å². The molecule has 0 radical (unpaired) electrons. The highest BCUT2D eigenvalue weighted by atomic mass is 32.2. The molecule has 1 aromatic carbocycles. The third-order valence-electron chi connectivity index (χ3n) is 3.06. The minimum atomic E-state index is -2.92. The van der Waals surface area contributed by atoms with E-state index in [1.807, 2.05) is 20.8 Å². The van der Waals surface area contributed by atoms with Gasteiger partial charge < -0.3 is 5.32 Å². The molecule has 1 aliphatic rings. The first-order valence-corrected chi connectivity index (χ1v) is 7.72. The summed E-state index contributed by atoms with van der Waals surface area (Å²) in [6.45, 7) is 6.00. The quantitative estimate of drug-likeness (QED) is 0.829. The molecule has 1 fully saturated rings. The van der Waals surface area contributed by atoms with Crippen LogP contribution in [0.3, 0.4) is 0 Å². The molecular formula is C13H19NO2S. The number of nitrogens with one attached hydrogen (secondary N) is 1. The Balaban J connectivity index is 2.33. The molecule has 94 valence electrons. The van der Waals surface area contributed by atoms with Gasteiger partial charge in [-0.1, -0.05) is 29.3 Å². The van der Waals surface area contributed by atoms with E-state index in [0.29, 0.717) is 0 Å². The van der Waals surface area contributed by atoms with Crippen LogP contribution in [0.1, 0.15) is 29.7 Å². The minimum Gasteiger partial charge on any atom is -0.306 e. The van der Waals surface area contributed by atoms with Gasteiger partial charge in [-0.2, -0.15) is 0 Å². The average molecular weight is 253 g/mol. The molecule has 0 amide bonds. The lowest BCUT2D eigenvalue weighted by molar-refractivity contribution is 0.468. The predicted molar refractivity (Wildman–Crippen MR) is 69.9 cm³/mol. The molecule has 17 heavy (non-hydrogen) atoms. The number of benzene rings is 1. The van der Waals surface area contributed by atoms with Crippen LogP contribution in [0, 0.1) is 13.8 Å². The van der Waals surface area contributed by atoms with Gasteiger partial charge in [0.1, 0.15) is 0 Å². The Morgan fingerprint density at radius 2 is 1.71 bits per heavy atom. The molecule has 0 aromatic heterocycles. The van der Waals surface area contributed by atoms with E-state index in [0.717, 1.165) is 5.56 Å². The van der Waals surface area contributed by atoms with Crippen molar-refractivity contribution in [2.24, 2.45) is 0 Å². The van der Waals surface area contributed by atoms with Crippen molar-refractivity contribution in [3.05, 3.63) is 34.9 Å². The molecule has 0 bridgehead atoms. The second-order valence-electron chi connectivity index (χ2n) is 5.12. The van der Waals surface area contributed by atoms with Gasteiger partial charge in [0, 0.05) is 12.1 Å². The van der Waals surface area contributed by atoms with E-state index in [9.17, 15) is 8.42 Å². The second-order valence-corrected chi connectivity index (χ2v) is 7.27. The van der Waals surface area contributed by atoms with Gasteiger partial charge in [-0.3, -0.25) is 0 Å². The van der Waals surface area contributed by atoms with Gasteiger partial charge in [0.2, 0.25) is 0 Å². The van der Waals surface area contributed by atoms with Gasteiger partial charge in [-0.05, 0) is 26.3 Å².